The van der Waals surface area contributed by atoms with E-state index < -0.39 is 4.92 Å². The van der Waals surface area contributed by atoms with Crippen molar-refractivity contribution in [1.29, 1.82) is 0 Å². The SMILES string of the molecule is COc1ccc(CN(Cc2ccc(OC)cc2)c2nc(N3CCC4(CC3)Cc3ccccc3C4)cc(N)c2[N+](=O)[O-])cc1. The third-order valence-corrected chi connectivity index (χ3v) is 8.93. The van der Waals surface area contributed by atoms with E-state index in [1.54, 1.807) is 20.3 Å². The number of fused-ring (bicyclic) bond motifs is 1. The largest absolute Gasteiger partial charge is 0.497 e. The molecule has 6 rings (SSSR count). The molecule has 3 aromatic carbocycles. The van der Waals surface area contributed by atoms with Crippen LogP contribution in [0.1, 0.15) is 35.1 Å². The Bertz CT molecular complexity index is 1520. The quantitative estimate of drug-likeness (QED) is 0.185. The number of methoxy groups -OCH3 is 2. The van der Waals surface area contributed by atoms with Crippen LogP contribution in [-0.4, -0.2) is 37.2 Å². The molecule has 1 aromatic heterocycles. The van der Waals surface area contributed by atoms with Crippen molar-refractivity contribution in [3.05, 3.63) is 111 Å². The van der Waals surface area contributed by atoms with Gasteiger partial charge in [-0.2, -0.15) is 0 Å². The molecule has 9 nitrogen and oxygen atoms in total. The van der Waals surface area contributed by atoms with Gasteiger partial charge < -0.3 is 25.0 Å². The summed E-state index contributed by atoms with van der Waals surface area (Å²) in [5, 5.41) is 12.4. The summed E-state index contributed by atoms with van der Waals surface area (Å²) < 4.78 is 10.7. The second-order valence-electron chi connectivity index (χ2n) is 11.7. The smallest absolute Gasteiger partial charge is 0.334 e. The van der Waals surface area contributed by atoms with Crippen LogP contribution in [0.15, 0.2) is 78.9 Å². The van der Waals surface area contributed by atoms with Crippen molar-refractivity contribution in [2.24, 2.45) is 5.41 Å². The van der Waals surface area contributed by atoms with Gasteiger partial charge in [0.2, 0.25) is 5.82 Å². The average molecular weight is 580 g/mol. The van der Waals surface area contributed by atoms with Crippen LogP contribution in [0.4, 0.5) is 23.0 Å². The van der Waals surface area contributed by atoms with Crippen molar-refractivity contribution in [2.75, 3.05) is 42.8 Å². The van der Waals surface area contributed by atoms with Crippen LogP contribution in [0.25, 0.3) is 0 Å². The number of pyridine rings is 1. The maximum atomic E-state index is 12.4. The number of benzene rings is 3. The third-order valence-electron chi connectivity index (χ3n) is 8.93. The van der Waals surface area contributed by atoms with Gasteiger partial charge in [0.1, 0.15) is 23.0 Å². The van der Waals surface area contributed by atoms with Crippen molar-refractivity contribution in [1.82, 2.24) is 4.98 Å². The van der Waals surface area contributed by atoms with Crippen molar-refractivity contribution >= 4 is 23.0 Å². The van der Waals surface area contributed by atoms with E-state index in [1.807, 2.05) is 53.4 Å². The highest BCUT2D eigenvalue weighted by Gasteiger charge is 2.40. The number of hydrogen-bond donors (Lipinski definition) is 1. The minimum absolute atomic E-state index is 0.119. The number of anilines is 3. The molecule has 43 heavy (non-hydrogen) atoms. The first kappa shape index (κ1) is 28.3. The lowest BCUT2D eigenvalue weighted by Crippen LogP contribution is -2.41. The highest BCUT2D eigenvalue weighted by Crippen LogP contribution is 2.46. The molecule has 0 unspecified atom stereocenters. The predicted molar refractivity (Wildman–Crippen MR) is 169 cm³/mol. The molecule has 0 radical (unpaired) electrons. The van der Waals surface area contributed by atoms with E-state index in [0.29, 0.717) is 18.9 Å². The van der Waals surface area contributed by atoms with Gasteiger partial charge in [-0.15, -0.1) is 0 Å². The first-order valence-electron chi connectivity index (χ1n) is 14.6. The molecule has 2 heterocycles. The summed E-state index contributed by atoms with van der Waals surface area (Å²) >= 11 is 0. The number of hydrogen-bond acceptors (Lipinski definition) is 8. The van der Waals surface area contributed by atoms with Gasteiger partial charge in [-0.1, -0.05) is 48.5 Å². The Morgan fingerprint density at radius 2 is 1.40 bits per heavy atom. The van der Waals surface area contributed by atoms with E-state index in [1.165, 1.54) is 11.1 Å². The van der Waals surface area contributed by atoms with Gasteiger partial charge >= 0.3 is 5.69 Å². The highest BCUT2D eigenvalue weighted by molar-refractivity contribution is 5.76. The van der Waals surface area contributed by atoms with Gasteiger partial charge in [-0.25, -0.2) is 4.98 Å². The topological polar surface area (TPSA) is 107 Å². The Balaban J connectivity index is 1.32. The van der Waals surface area contributed by atoms with Crippen LogP contribution >= 0.6 is 0 Å². The predicted octanol–water partition coefficient (Wildman–Crippen LogP) is 6.18. The van der Waals surface area contributed by atoms with Gasteiger partial charge in [-0.3, -0.25) is 10.1 Å². The average Bonchev–Trinajstić information content (AvgIpc) is 3.38. The first-order chi connectivity index (χ1) is 20.9. The second kappa shape index (κ2) is 11.8. The number of nitro groups is 1. The standard InChI is InChI=1S/C34H37N5O4/c1-42-28-11-7-24(8-12-28)22-38(23-25-9-13-29(43-2)14-10-25)33-32(39(40)41)30(35)19-31(36-33)37-17-15-34(16-18-37)20-26-5-3-4-6-27(26)21-34/h3-14,19H,15-18,20-23H2,1-2H3,(H2,35,36). The summed E-state index contributed by atoms with van der Waals surface area (Å²) in [5.74, 6) is 2.43. The highest BCUT2D eigenvalue weighted by atomic mass is 16.6. The molecular formula is C34H37N5O4. The maximum Gasteiger partial charge on any atom is 0.334 e. The minimum atomic E-state index is -0.419. The van der Waals surface area contributed by atoms with Gasteiger partial charge in [0.05, 0.1) is 19.1 Å². The van der Waals surface area contributed by atoms with Gasteiger partial charge in [0.25, 0.3) is 0 Å². The van der Waals surface area contributed by atoms with E-state index in [4.69, 9.17) is 20.2 Å². The molecule has 0 bridgehead atoms. The van der Waals surface area contributed by atoms with Crippen LogP contribution in [0.3, 0.4) is 0 Å². The molecule has 2 N–H and O–H groups in total. The van der Waals surface area contributed by atoms with E-state index >= 15 is 0 Å². The molecule has 0 saturated carbocycles. The molecular weight excluding hydrogens is 542 g/mol. The zero-order valence-electron chi connectivity index (χ0n) is 24.7. The fourth-order valence-electron chi connectivity index (χ4n) is 6.54. The number of nitrogens with zero attached hydrogens (tertiary/aromatic N) is 4. The fraction of sp³-hybridized carbons (Fsp3) is 0.324. The summed E-state index contributed by atoms with van der Waals surface area (Å²) in [6, 6.07) is 25.8. The lowest BCUT2D eigenvalue weighted by Gasteiger charge is -2.40. The Morgan fingerprint density at radius 1 is 0.884 bits per heavy atom. The van der Waals surface area contributed by atoms with Crippen LogP contribution in [0, 0.1) is 15.5 Å². The van der Waals surface area contributed by atoms with E-state index in [-0.39, 0.29) is 22.6 Å². The Labute approximate surface area is 252 Å². The third kappa shape index (κ3) is 5.93. The zero-order chi connectivity index (χ0) is 30.0. The monoisotopic (exact) mass is 579 g/mol. The summed E-state index contributed by atoms with van der Waals surface area (Å²) in [6.07, 6.45) is 4.29. The molecule has 222 valence electrons. The van der Waals surface area contributed by atoms with Crippen molar-refractivity contribution < 1.29 is 14.4 Å². The number of nitrogens with two attached hydrogens (primary N) is 1. The number of aromatic nitrogens is 1. The number of ether oxygens (including phenoxy) is 2. The van der Waals surface area contributed by atoms with E-state index in [9.17, 15) is 10.1 Å². The van der Waals surface area contributed by atoms with Crippen molar-refractivity contribution in [3.63, 3.8) is 0 Å². The second-order valence-corrected chi connectivity index (χ2v) is 11.7. The van der Waals surface area contributed by atoms with Gasteiger partial charge in [0.15, 0.2) is 0 Å². The molecule has 4 aromatic rings. The summed E-state index contributed by atoms with van der Waals surface area (Å²) in [7, 11) is 3.25. The molecule has 0 atom stereocenters. The Hall–Kier alpha value is -4.79. The Kier molecular flexibility index (Phi) is 7.80. The summed E-state index contributed by atoms with van der Waals surface area (Å²) in [5.41, 5.74) is 11.5. The normalized spacial score (nSPS) is 15.3. The molecule has 1 aliphatic heterocycles. The van der Waals surface area contributed by atoms with Crippen LogP contribution < -0.4 is 25.0 Å². The van der Waals surface area contributed by atoms with Crippen LogP contribution in [-0.2, 0) is 25.9 Å². The lowest BCUT2D eigenvalue weighted by atomic mass is 9.76. The lowest BCUT2D eigenvalue weighted by molar-refractivity contribution is -0.383. The van der Waals surface area contributed by atoms with Crippen LogP contribution in [0.2, 0.25) is 0 Å². The van der Waals surface area contributed by atoms with Gasteiger partial charge in [0, 0.05) is 32.2 Å². The molecule has 1 aliphatic carbocycles. The number of piperidine rings is 1. The van der Waals surface area contributed by atoms with Gasteiger partial charge in [-0.05, 0) is 77.6 Å². The van der Waals surface area contributed by atoms with E-state index in [2.05, 4.69) is 29.2 Å². The molecule has 1 fully saturated rings. The summed E-state index contributed by atoms with van der Waals surface area (Å²) in [6.45, 7) is 2.45. The molecule has 1 spiro atoms. The maximum absolute atomic E-state index is 12.4. The van der Waals surface area contributed by atoms with Crippen molar-refractivity contribution in [3.8, 4) is 11.5 Å². The first-order valence-corrected chi connectivity index (χ1v) is 14.6. The zero-order valence-corrected chi connectivity index (χ0v) is 24.7. The fourth-order valence-corrected chi connectivity index (χ4v) is 6.54. The number of rotatable bonds is 9. The molecule has 9 heteroatoms. The minimum Gasteiger partial charge on any atom is -0.497 e. The van der Waals surface area contributed by atoms with Crippen LogP contribution in [0.5, 0.6) is 11.5 Å². The van der Waals surface area contributed by atoms with E-state index in [0.717, 1.165) is 61.4 Å². The Morgan fingerprint density at radius 3 is 1.86 bits per heavy atom. The van der Waals surface area contributed by atoms with Crippen molar-refractivity contribution in [2.45, 2.75) is 38.8 Å². The summed E-state index contributed by atoms with van der Waals surface area (Å²) in [4.78, 5) is 21.1. The molecule has 2 aliphatic rings. The molecule has 1 saturated heterocycles. The molecule has 0 amide bonds. The number of nitrogen functional groups attached to an aromatic ring is 1.